The molecule has 1 unspecified atom stereocenters. The van der Waals surface area contributed by atoms with Crippen molar-refractivity contribution in [1.82, 2.24) is 24.6 Å². The number of H-pyrrole nitrogens is 1. The molecule has 2 aromatic carbocycles. The molecule has 1 N–H and O–H groups in total. The topological polar surface area (TPSA) is 66.8 Å². The predicted octanol–water partition coefficient (Wildman–Crippen LogP) is 4.94. The summed E-state index contributed by atoms with van der Waals surface area (Å²) in [5.74, 6) is 1.56. The van der Waals surface area contributed by atoms with Gasteiger partial charge in [-0.2, -0.15) is 5.10 Å². The van der Waals surface area contributed by atoms with E-state index in [1.807, 2.05) is 35.8 Å². The van der Waals surface area contributed by atoms with Crippen molar-refractivity contribution in [3.05, 3.63) is 94.5 Å². The molecule has 0 aliphatic carbocycles. The van der Waals surface area contributed by atoms with Gasteiger partial charge in [-0.3, -0.25) is 9.89 Å². The zero-order valence-electron chi connectivity index (χ0n) is 18.1. The first-order valence-electron chi connectivity index (χ1n) is 11.3. The fourth-order valence-electron chi connectivity index (χ4n) is 5.56. The van der Waals surface area contributed by atoms with E-state index >= 15 is 0 Å². The largest absolute Gasteiger partial charge is 0.343 e. The highest BCUT2D eigenvalue weighted by Crippen LogP contribution is 2.49. The Morgan fingerprint density at radius 1 is 1.12 bits per heavy atom. The Labute approximate surface area is 200 Å². The molecular formula is C26H24BrN5O. The molecule has 166 valence electrons. The quantitative estimate of drug-likeness (QED) is 0.430. The SMILES string of the molecule is O=C(CC1(c2ccc(Br)cc2)c2ccccc2-c2nccn21)N1CCC(c2cn[nH]c2)CC1. The summed E-state index contributed by atoms with van der Waals surface area (Å²) >= 11 is 3.56. The van der Waals surface area contributed by atoms with Gasteiger partial charge in [-0.15, -0.1) is 0 Å². The van der Waals surface area contributed by atoms with E-state index in [1.54, 1.807) is 0 Å². The third-order valence-electron chi connectivity index (χ3n) is 7.23. The number of piperidine rings is 1. The van der Waals surface area contributed by atoms with Crippen LogP contribution in [0.2, 0.25) is 0 Å². The predicted molar refractivity (Wildman–Crippen MR) is 130 cm³/mol. The van der Waals surface area contributed by atoms with Crippen LogP contribution < -0.4 is 0 Å². The number of likely N-dealkylation sites (tertiary alicyclic amines) is 1. The molecule has 7 heteroatoms. The number of aromatic amines is 1. The van der Waals surface area contributed by atoms with Crippen LogP contribution in [0.4, 0.5) is 0 Å². The number of aromatic nitrogens is 4. The monoisotopic (exact) mass is 501 g/mol. The lowest BCUT2D eigenvalue weighted by molar-refractivity contribution is -0.133. The lowest BCUT2D eigenvalue weighted by Gasteiger charge is -2.37. The number of rotatable bonds is 4. The number of nitrogens with one attached hydrogen (secondary N) is 1. The minimum atomic E-state index is -0.610. The molecule has 6 rings (SSSR count). The first-order valence-corrected chi connectivity index (χ1v) is 12.1. The van der Waals surface area contributed by atoms with Gasteiger partial charge in [-0.05, 0) is 47.6 Å². The number of nitrogens with zero attached hydrogens (tertiary/aromatic N) is 4. The summed E-state index contributed by atoms with van der Waals surface area (Å²) in [5, 5.41) is 7.00. The molecule has 4 heterocycles. The van der Waals surface area contributed by atoms with Crippen LogP contribution in [0.3, 0.4) is 0 Å². The fraction of sp³-hybridized carbons (Fsp3) is 0.269. The third kappa shape index (κ3) is 3.25. The summed E-state index contributed by atoms with van der Waals surface area (Å²) in [6, 6.07) is 16.7. The summed E-state index contributed by atoms with van der Waals surface area (Å²) in [6.45, 7) is 1.53. The van der Waals surface area contributed by atoms with E-state index in [9.17, 15) is 4.79 Å². The summed E-state index contributed by atoms with van der Waals surface area (Å²) in [6.07, 6.45) is 10.0. The fourth-order valence-corrected chi connectivity index (χ4v) is 5.82. The van der Waals surface area contributed by atoms with Gasteiger partial charge in [0.1, 0.15) is 11.4 Å². The summed E-state index contributed by atoms with van der Waals surface area (Å²) in [4.78, 5) is 20.5. The lowest BCUT2D eigenvalue weighted by Crippen LogP contribution is -2.44. The second-order valence-electron chi connectivity index (χ2n) is 8.90. The van der Waals surface area contributed by atoms with Gasteiger partial charge in [0.25, 0.3) is 0 Å². The maximum absolute atomic E-state index is 13.8. The average Bonchev–Trinajstić information content (AvgIpc) is 3.60. The van der Waals surface area contributed by atoms with E-state index in [0.717, 1.165) is 52.9 Å². The van der Waals surface area contributed by atoms with Crippen molar-refractivity contribution in [1.29, 1.82) is 0 Å². The molecule has 1 fully saturated rings. The number of carbonyl (C=O) groups excluding carboxylic acids is 1. The lowest BCUT2D eigenvalue weighted by atomic mass is 9.79. The minimum absolute atomic E-state index is 0.180. The van der Waals surface area contributed by atoms with Crippen LogP contribution in [0.1, 0.15) is 41.9 Å². The van der Waals surface area contributed by atoms with Crippen molar-refractivity contribution in [3.63, 3.8) is 0 Å². The molecule has 2 aliphatic heterocycles. The molecular weight excluding hydrogens is 478 g/mol. The van der Waals surface area contributed by atoms with E-state index in [-0.39, 0.29) is 5.91 Å². The van der Waals surface area contributed by atoms with Crippen molar-refractivity contribution in [2.45, 2.75) is 30.7 Å². The first kappa shape index (κ1) is 20.4. The van der Waals surface area contributed by atoms with E-state index in [2.05, 4.69) is 78.1 Å². The Kier molecular flexibility index (Phi) is 4.94. The van der Waals surface area contributed by atoms with Crippen LogP contribution in [0.5, 0.6) is 0 Å². The van der Waals surface area contributed by atoms with Crippen LogP contribution in [-0.4, -0.2) is 43.6 Å². The molecule has 1 atom stereocenters. The Morgan fingerprint density at radius 3 is 2.67 bits per heavy atom. The van der Waals surface area contributed by atoms with Crippen molar-refractivity contribution < 1.29 is 4.79 Å². The number of halogens is 1. The van der Waals surface area contributed by atoms with Gasteiger partial charge in [0.15, 0.2) is 0 Å². The van der Waals surface area contributed by atoms with E-state index < -0.39 is 5.54 Å². The van der Waals surface area contributed by atoms with E-state index in [1.165, 1.54) is 5.56 Å². The van der Waals surface area contributed by atoms with E-state index in [0.29, 0.717) is 12.3 Å². The Hall–Kier alpha value is -3.19. The average molecular weight is 502 g/mol. The minimum Gasteiger partial charge on any atom is -0.343 e. The second kappa shape index (κ2) is 7.99. The van der Waals surface area contributed by atoms with Crippen LogP contribution in [0.15, 0.2) is 77.8 Å². The molecule has 2 aliphatic rings. The summed E-state index contributed by atoms with van der Waals surface area (Å²) < 4.78 is 3.21. The molecule has 0 radical (unpaired) electrons. The third-order valence-corrected chi connectivity index (χ3v) is 7.76. The standard InChI is InChI=1S/C26H24BrN5O/c27-21-7-5-20(6-8-21)26(23-4-2-1-3-22(23)25-28-11-14-32(25)26)15-24(33)31-12-9-18(10-13-31)19-16-29-30-17-19/h1-8,11,14,16-18H,9-10,12-13,15H2,(H,29,30). The van der Waals surface area contributed by atoms with E-state index in [4.69, 9.17) is 0 Å². The number of benzene rings is 2. The van der Waals surface area contributed by atoms with Crippen molar-refractivity contribution in [2.75, 3.05) is 13.1 Å². The smallest absolute Gasteiger partial charge is 0.225 e. The summed E-state index contributed by atoms with van der Waals surface area (Å²) in [7, 11) is 0. The molecule has 1 saturated heterocycles. The zero-order valence-corrected chi connectivity index (χ0v) is 19.7. The second-order valence-corrected chi connectivity index (χ2v) is 9.81. The molecule has 0 spiro atoms. The van der Waals surface area contributed by atoms with Crippen LogP contribution >= 0.6 is 15.9 Å². The number of amides is 1. The molecule has 33 heavy (non-hydrogen) atoms. The van der Waals surface area contributed by atoms with Gasteiger partial charge in [0.2, 0.25) is 5.91 Å². The van der Waals surface area contributed by atoms with Crippen molar-refractivity contribution >= 4 is 21.8 Å². The Balaban J connectivity index is 1.36. The molecule has 1 amide bonds. The zero-order chi connectivity index (χ0) is 22.4. The molecule has 0 bridgehead atoms. The highest BCUT2D eigenvalue weighted by molar-refractivity contribution is 9.10. The van der Waals surface area contributed by atoms with Crippen molar-refractivity contribution in [3.8, 4) is 11.4 Å². The number of carbonyl (C=O) groups is 1. The number of hydrogen-bond acceptors (Lipinski definition) is 3. The van der Waals surface area contributed by atoms with Gasteiger partial charge in [-0.1, -0.05) is 52.3 Å². The first-order chi connectivity index (χ1) is 16.2. The molecule has 4 aromatic rings. The maximum atomic E-state index is 13.8. The van der Waals surface area contributed by atoms with Crippen LogP contribution in [0, 0.1) is 0 Å². The number of imidazole rings is 1. The van der Waals surface area contributed by atoms with Gasteiger partial charge in [0, 0.05) is 41.7 Å². The molecule has 0 saturated carbocycles. The number of hydrogen-bond donors (Lipinski definition) is 1. The Bertz CT molecular complexity index is 1290. The van der Waals surface area contributed by atoms with Crippen LogP contribution in [0.25, 0.3) is 11.4 Å². The molecule has 2 aromatic heterocycles. The number of fused-ring (bicyclic) bond motifs is 3. The van der Waals surface area contributed by atoms with Gasteiger partial charge >= 0.3 is 0 Å². The molecule has 6 nitrogen and oxygen atoms in total. The highest BCUT2D eigenvalue weighted by Gasteiger charge is 2.47. The van der Waals surface area contributed by atoms with Gasteiger partial charge in [0.05, 0.1) is 12.6 Å². The normalized spacial score (nSPS) is 20.0. The van der Waals surface area contributed by atoms with Gasteiger partial charge < -0.3 is 9.47 Å². The van der Waals surface area contributed by atoms with Crippen molar-refractivity contribution in [2.24, 2.45) is 0 Å². The summed E-state index contributed by atoms with van der Waals surface area (Å²) in [5.41, 5.74) is 3.95. The van der Waals surface area contributed by atoms with Gasteiger partial charge in [-0.25, -0.2) is 4.98 Å². The Morgan fingerprint density at radius 2 is 1.91 bits per heavy atom. The highest BCUT2D eigenvalue weighted by atomic mass is 79.9. The van der Waals surface area contributed by atoms with Crippen LogP contribution in [-0.2, 0) is 10.3 Å². The maximum Gasteiger partial charge on any atom is 0.225 e.